The van der Waals surface area contributed by atoms with Crippen LogP contribution in [0.1, 0.15) is 29.8 Å². The largest absolute Gasteiger partial charge is 0.505 e. The van der Waals surface area contributed by atoms with E-state index < -0.39 is 26.7 Å². The molecule has 3 N–H and O–H groups in total. The lowest BCUT2D eigenvalue weighted by Crippen LogP contribution is -2.12. The maximum atomic E-state index is 13.2. The minimum absolute atomic E-state index is 0.0839. The summed E-state index contributed by atoms with van der Waals surface area (Å²) in [6.07, 6.45) is 0.286. The third-order valence-electron chi connectivity index (χ3n) is 5.81. The molecule has 0 bridgehead atoms. The average molecular weight is 588 g/mol. The van der Waals surface area contributed by atoms with Gasteiger partial charge in [0.2, 0.25) is 0 Å². The molecule has 0 radical (unpaired) electrons. The van der Waals surface area contributed by atoms with Crippen molar-refractivity contribution in [3.05, 3.63) is 81.8 Å². The fraction of sp³-hybridized carbons (Fsp3) is 0.148. The first-order chi connectivity index (χ1) is 18.5. The Morgan fingerprint density at radius 3 is 2.36 bits per heavy atom. The lowest BCUT2D eigenvalue weighted by Gasteiger charge is -2.13. The number of nitrogens with zero attached hydrogens (tertiary/aromatic N) is 2. The van der Waals surface area contributed by atoms with Crippen molar-refractivity contribution in [3.8, 4) is 11.5 Å². The summed E-state index contributed by atoms with van der Waals surface area (Å²) < 4.78 is 39.2. The van der Waals surface area contributed by atoms with Crippen LogP contribution in [-0.2, 0) is 16.5 Å². The molecule has 202 valence electrons. The minimum Gasteiger partial charge on any atom is -0.505 e. The Labute approximate surface area is 234 Å². The van der Waals surface area contributed by atoms with Gasteiger partial charge >= 0.3 is 0 Å². The molecule has 0 aromatic heterocycles. The second-order valence-electron chi connectivity index (χ2n) is 8.27. The van der Waals surface area contributed by atoms with Gasteiger partial charge in [-0.1, -0.05) is 54.4 Å². The van der Waals surface area contributed by atoms with Crippen LogP contribution in [0.25, 0.3) is 10.8 Å². The second-order valence-corrected chi connectivity index (χ2v) is 10.5. The van der Waals surface area contributed by atoms with Gasteiger partial charge in [-0.3, -0.25) is 9.35 Å². The van der Waals surface area contributed by atoms with Crippen molar-refractivity contribution in [2.24, 2.45) is 10.2 Å². The standard InChI is InChI=1S/C27H23Cl2N3O6S/c1-3-17-20(28)10-12-23(39(35,36)37)24(17)31-32-25-18-8-6-5-7-15(18)13-19(26(25)33)27(34)30-22-11-9-16(38-4-2)14-21(22)29/h5-14,33H,3-4H2,1-2H3,(H,30,34)(H,35,36,37). The van der Waals surface area contributed by atoms with Crippen LogP contribution in [0.3, 0.4) is 0 Å². The molecule has 0 aliphatic carbocycles. The van der Waals surface area contributed by atoms with Gasteiger partial charge in [0.1, 0.15) is 22.0 Å². The Morgan fingerprint density at radius 1 is 0.974 bits per heavy atom. The van der Waals surface area contributed by atoms with Crippen molar-refractivity contribution in [1.29, 1.82) is 0 Å². The highest BCUT2D eigenvalue weighted by Gasteiger charge is 2.22. The number of carbonyl (C=O) groups excluding carboxylic acids is 1. The number of anilines is 1. The number of halogens is 2. The molecule has 0 saturated heterocycles. The number of phenolic OH excluding ortho intramolecular Hbond substituents is 1. The minimum atomic E-state index is -4.67. The quantitative estimate of drug-likeness (QED) is 0.142. The van der Waals surface area contributed by atoms with E-state index in [9.17, 15) is 22.9 Å². The van der Waals surface area contributed by atoms with E-state index in [1.165, 1.54) is 12.1 Å². The van der Waals surface area contributed by atoms with Gasteiger partial charge in [0.15, 0.2) is 5.75 Å². The van der Waals surface area contributed by atoms with Crippen LogP contribution in [0, 0.1) is 0 Å². The molecule has 39 heavy (non-hydrogen) atoms. The van der Waals surface area contributed by atoms with Gasteiger partial charge in [-0.2, -0.15) is 8.42 Å². The number of benzene rings is 4. The van der Waals surface area contributed by atoms with Gasteiger partial charge in [0, 0.05) is 16.5 Å². The van der Waals surface area contributed by atoms with E-state index in [1.54, 1.807) is 49.4 Å². The highest BCUT2D eigenvalue weighted by Crippen LogP contribution is 2.42. The molecule has 0 aliphatic heterocycles. The number of nitrogens with one attached hydrogen (secondary N) is 1. The summed E-state index contributed by atoms with van der Waals surface area (Å²) in [6, 6.07) is 15.6. The van der Waals surface area contributed by atoms with Crippen molar-refractivity contribution in [2.75, 3.05) is 11.9 Å². The number of amides is 1. The van der Waals surface area contributed by atoms with Crippen LogP contribution in [0.5, 0.6) is 11.5 Å². The van der Waals surface area contributed by atoms with Crippen LogP contribution in [0.15, 0.2) is 75.8 Å². The molecule has 0 unspecified atom stereocenters. The SMILES string of the molecule is CCOc1ccc(NC(=O)c2cc3ccccc3c(N=Nc3c(S(=O)(=O)O)ccc(Cl)c3CC)c2O)c(Cl)c1. The Morgan fingerprint density at radius 2 is 1.69 bits per heavy atom. The van der Waals surface area contributed by atoms with E-state index in [2.05, 4.69) is 15.5 Å². The molecule has 0 heterocycles. The fourth-order valence-corrected chi connectivity index (χ4v) is 5.13. The lowest BCUT2D eigenvalue weighted by atomic mass is 10.0. The number of carbonyl (C=O) groups is 1. The number of hydrogen-bond acceptors (Lipinski definition) is 7. The molecule has 1 amide bonds. The molecule has 12 heteroatoms. The summed E-state index contributed by atoms with van der Waals surface area (Å²) in [7, 11) is -4.67. The summed E-state index contributed by atoms with van der Waals surface area (Å²) in [5.74, 6) is -0.629. The van der Waals surface area contributed by atoms with Crippen LogP contribution in [0.2, 0.25) is 10.0 Å². The first kappa shape index (κ1) is 28.3. The molecule has 4 rings (SSSR count). The number of aromatic hydroxyl groups is 1. The van der Waals surface area contributed by atoms with Gasteiger partial charge in [0.25, 0.3) is 16.0 Å². The van der Waals surface area contributed by atoms with Crippen LogP contribution >= 0.6 is 23.2 Å². The monoisotopic (exact) mass is 587 g/mol. The van der Waals surface area contributed by atoms with E-state index >= 15 is 0 Å². The number of ether oxygens (including phenoxy) is 1. The number of azo groups is 1. The van der Waals surface area contributed by atoms with E-state index in [0.29, 0.717) is 34.4 Å². The van der Waals surface area contributed by atoms with Gasteiger partial charge in [-0.15, -0.1) is 10.2 Å². The maximum absolute atomic E-state index is 13.2. The first-order valence-electron chi connectivity index (χ1n) is 11.7. The van der Waals surface area contributed by atoms with Crippen molar-refractivity contribution in [1.82, 2.24) is 0 Å². The van der Waals surface area contributed by atoms with E-state index in [1.807, 2.05) is 6.92 Å². The second kappa shape index (κ2) is 11.6. The molecule has 4 aromatic carbocycles. The topological polar surface area (TPSA) is 138 Å². The third kappa shape index (κ3) is 5.99. The average Bonchev–Trinajstić information content (AvgIpc) is 2.89. The number of fused-ring (bicyclic) bond motifs is 1. The van der Waals surface area contributed by atoms with E-state index in [-0.39, 0.29) is 33.4 Å². The Hall–Kier alpha value is -3.70. The van der Waals surface area contributed by atoms with Crippen molar-refractivity contribution < 1.29 is 27.6 Å². The fourth-order valence-electron chi connectivity index (χ4n) is 3.98. The number of phenols is 1. The molecule has 4 aromatic rings. The van der Waals surface area contributed by atoms with Gasteiger partial charge in [-0.25, -0.2) is 0 Å². The summed E-state index contributed by atoms with van der Waals surface area (Å²) in [4.78, 5) is 12.7. The zero-order valence-electron chi connectivity index (χ0n) is 20.8. The van der Waals surface area contributed by atoms with Crippen LogP contribution < -0.4 is 10.1 Å². The van der Waals surface area contributed by atoms with Gasteiger partial charge < -0.3 is 15.2 Å². The van der Waals surface area contributed by atoms with Crippen molar-refractivity contribution >= 4 is 67.1 Å². The Kier molecular flexibility index (Phi) is 8.41. The highest BCUT2D eigenvalue weighted by molar-refractivity contribution is 7.86. The zero-order valence-corrected chi connectivity index (χ0v) is 23.1. The number of hydrogen-bond donors (Lipinski definition) is 3. The maximum Gasteiger partial charge on any atom is 0.296 e. The molecule has 0 atom stereocenters. The van der Waals surface area contributed by atoms with E-state index in [0.717, 1.165) is 6.07 Å². The molecule has 9 nitrogen and oxygen atoms in total. The molecular formula is C27H23Cl2N3O6S. The normalized spacial score (nSPS) is 11.7. The summed E-state index contributed by atoms with van der Waals surface area (Å²) >= 11 is 12.5. The zero-order chi connectivity index (χ0) is 28.3. The first-order valence-corrected chi connectivity index (χ1v) is 13.9. The molecule has 0 fully saturated rings. The Bertz CT molecular complexity index is 1720. The highest BCUT2D eigenvalue weighted by atomic mass is 35.5. The third-order valence-corrected chi connectivity index (χ3v) is 7.36. The summed E-state index contributed by atoms with van der Waals surface area (Å²) in [5.41, 5.74) is 0.249. The van der Waals surface area contributed by atoms with Crippen molar-refractivity contribution in [3.63, 3.8) is 0 Å². The van der Waals surface area contributed by atoms with Crippen LogP contribution in [0.4, 0.5) is 17.1 Å². The summed E-state index contributed by atoms with van der Waals surface area (Å²) in [5, 5.41) is 23.5. The van der Waals surface area contributed by atoms with Crippen molar-refractivity contribution in [2.45, 2.75) is 25.2 Å². The summed E-state index contributed by atoms with van der Waals surface area (Å²) in [6.45, 7) is 4.02. The van der Waals surface area contributed by atoms with Crippen LogP contribution in [-0.4, -0.2) is 30.6 Å². The van der Waals surface area contributed by atoms with Gasteiger partial charge in [-0.05, 0) is 54.6 Å². The molecular weight excluding hydrogens is 565 g/mol. The Balaban J connectivity index is 1.83. The lowest BCUT2D eigenvalue weighted by molar-refractivity contribution is 0.102. The van der Waals surface area contributed by atoms with Gasteiger partial charge in [0.05, 0.1) is 22.9 Å². The number of rotatable bonds is 8. The molecule has 0 aliphatic rings. The molecule has 0 saturated carbocycles. The smallest absolute Gasteiger partial charge is 0.296 e. The predicted molar refractivity (Wildman–Crippen MR) is 151 cm³/mol. The molecule has 0 spiro atoms. The predicted octanol–water partition coefficient (Wildman–Crippen LogP) is 7.73. The van der Waals surface area contributed by atoms with E-state index in [4.69, 9.17) is 27.9 Å².